The van der Waals surface area contributed by atoms with Crippen LogP contribution in [-0.4, -0.2) is 41.5 Å². The first-order valence-electron chi connectivity index (χ1n) is 14.5. The van der Waals surface area contributed by atoms with E-state index in [1.165, 1.54) is 37.1 Å². The largest absolute Gasteiger partial charge is 0.484 e. The van der Waals surface area contributed by atoms with Gasteiger partial charge in [0.2, 0.25) is 0 Å². The van der Waals surface area contributed by atoms with Crippen LogP contribution in [-0.2, 0) is 11.3 Å². The molecule has 4 aromatic carbocycles. The van der Waals surface area contributed by atoms with Gasteiger partial charge in [-0.15, -0.1) is 0 Å². The highest BCUT2D eigenvalue weighted by Gasteiger charge is 2.29. The summed E-state index contributed by atoms with van der Waals surface area (Å²) in [5.41, 5.74) is 6.40. The highest BCUT2D eigenvalue weighted by atomic mass is 19.1. The number of hydrogen-bond donors (Lipinski definition) is 2. The molecule has 5 aromatic rings. The van der Waals surface area contributed by atoms with Crippen molar-refractivity contribution in [3.05, 3.63) is 102 Å². The highest BCUT2D eigenvalue weighted by Crippen LogP contribution is 2.33. The van der Waals surface area contributed by atoms with Gasteiger partial charge in [-0.3, -0.25) is 9.59 Å². The van der Waals surface area contributed by atoms with E-state index in [0.29, 0.717) is 18.1 Å². The number of halogens is 1. The van der Waals surface area contributed by atoms with Crippen LogP contribution in [0.15, 0.2) is 84.9 Å². The molecule has 2 N–H and O–H groups in total. The molecule has 0 saturated carbocycles. The van der Waals surface area contributed by atoms with Crippen molar-refractivity contribution in [1.29, 1.82) is 0 Å². The maximum Gasteiger partial charge on any atom is 0.262 e. The molecule has 0 radical (unpaired) electrons. The van der Waals surface area contributed by atoms with Crippen molar-refractivity contribution in [2.75, 3.05) is 34.8 Å². The lowest BCUT2D eigenvalue weighted by Crippen LogP contribution is -2.29. The van der Waals surface area contributed by atoms with Gasteiger partial charge in [-0.25, -0.2) is 9.37 Å². The minimum atomic E-state index is -0.503. The Morgan fingerprint density at radius 2 is 1.72 bits per heavy atom. The SMILES string of the molecule is O=C(COc1ccc(-c2nc3cc(N4Cc5cc(N6CCCCC6)ccc5C4=O)ccc3[nH]2)cc1)Nc1ccccc1F. The van der Waals surface area contributed by atoms with Crippen LogP contribution in [0, 0.1) is 5.82 Å². The molecule has 216 valence electrons. The highest BCUT2D eigenvalue weighted by molar-refractivity contribution is 6.10. The van der Waals surface area contributed by atoms with E-state index in [-0.39, 0.29) is 18.2 Å². The average Bonchev–Trinajstić information content (AvgIpc) is 3.62. The number of imidazole rings is 1. The van der Waals surface area contributed by atoms with Crippen molar-refractivity contribution >= 4 is 39.9 Å². The molecule has 1 aromatic heterocycles. The number of hydrogen-bond acceptors (Lipinski definition) is 5. The number of fused-ring (bicyclic) bond motifs is 2. The second kappa shape index (κ2) is 11.2. The zero-order chi connectivity index (χ0) is 29.3. The summed E-state index contributed by atoms with van der Waals surface area (Å²) in [6.45, 7) is 2.43. The molecule has 0 spiro atoms. The summed E-state index contributed by atoms with van der Waals surface area (Å²) in [6, 6.07) is 25.2. The molecule has 2 aliphatic rings. The Morgan fingerprint density at radius 3 is 2.53 bits per heavy atom. The Balaban J connectivity index is 1.02. The number of rotatable bonds is 7. The number of H-pyrrole nitrogens is 1. The lowest BCUT2D eigenvalue weighted by molar-refractivity contribution is -0.118. The zero-order valence-electron chi connectivity index (χ0n) is 23.5. The molecule has 3 heterocycles. The number of anilines is 3. The van der Waals surface area contributed by atoms with Gasteiger partial charge in [-0.2, -0.15) is 0 Å². The lowest BCUT2D eigenvalue weighted by atomic mass is 10.1. The summed E-state index contributed by atoms with van der Waals surface area (Å²) >= 11 is 0. The number of nitrogens with one attached hydrogen (secondary N) is 2. The Morgan fingerprint density at radius 1 is 0.930 bits per heavy atom. The normalized spacial score (nSPS) is 14.7. The van der Waals surface area contributed by atoms with Crippen molar-refractivity contribution in [2.45, 2.75) is 25.8 Å². The average molecular weight is 576 g/mol. The van der Waals surface area contributed by atoms with Gasteiger partial charge < -0.3 is 24.8 Å². The molecule has 1 fully saturated rings. The fraction of sp³-hybridized carbons (Fsp3) is 0.206. The van der Waals surface area contributed by atoms with Crippen molar-refractivity contribution in [1.82, 2.24) is 9.97 Å². The predicted octanol–water partition coefficient (Wildman–Crippen LogP) is 6.54. The van der Waals surface area contributed by atoms with E-state index in [0.717, 1.165) is 46.5 Å². The van der Waals surface area contributed by atoms with Crippen molar-refractivity contribution in [3.63, 3.8) is 0 Å². The maximum absolute atomic E-state index is 13.8. The second-order valence-corrected chi connectivity index (χ2v) is 10.9. The minimum absolute atomic E-state index is 0.00785. The molecular formula is C34H30FN5O3. The smallest absolute Gasteiger partial charge is 0.262 e. The lowest BCUT2D eigenvalue weighted by Gasteiger charge is -2.29. The molecule has 8 nitrogen and oxygen atoms in total. The molecule has 2 aliphatic heterocycles. The number of aromatic amines is 1. The van der Waals surface area contributed by atoms with E-state index < -0.39 is 11.7 Å². The number of carbonyl (C=O) groups is 2. The van der Waals surface area contributed by atoms with Gasteiger partial charge in [0.15, 0.2) is 6.61 Å². The molecule has 0 aliphatic carbocycles. The van der Waals surface area contributed by atoms with Crippen LogP contribution in [0.2, 0.25) is 0 Å². The van der Waals surface area contributed by atoms with Gasteiger partial charge in [0.25, 0.3) is 11.8 Å². The molecule has 9 heteroatoms. The van der Waals surface area contributed by atoms with E-state index in [1.807, 2.05) is 41.3 Å². The Labute approximate surface area is 248 Å². The van der Waals surface area contributed by atoms with Gasteiger partial charge in [0.05, 0.1) is 23.3 Å². The molecule has 0 atom stereocenters. The zero-order valence-corrected chi connectivity index (χ0v) is 23.5. The third-order valence-electron chi connectivity index (χ3n) is 8.04. The number of ether oxygens (including phenoxy) is 1. The first kappa shape index (κ1) is 26.7. The van der Waals surface area contributed by atoms with E-state index >= 15 is 0 Å². The third kappa shape index (κ3) is 5.41. The Bertz CT molecular complexity index is 1830. The van der Waals surface area contributed by atoms with Gasteiger partial charge in [0.1, 0.15) is 17.4 Å². The fourth-order valence-electron chi connectivity index (χ4n) is 5.77. The maximum atomic E-state index is 13.8. The van der Waals surface area contributed by atoms with E-state index in [9.17, 15) is 14.0 Å². The number of amides is 2. The minimum Gasteiger partial charge on any atom is -0.484 e. The second-order valence-electron chi connectivity index (χ2n) is 10.9. The summed E-state index contributed by atoms with van der Waals surface area (Å²) in [5.74, 6) is 0.231. The Hall–Kier alpha value is -5.18. The first-order chi connectivity index (χ1) is 21.0. The van der Waals surface area contributed by atoms with Crippen LogP contribution in [0.3, 0.4) is 0 Å². The monoisotopic (exact) mass is 575 g/mol. The molecule has 43 heavy (non-hydrogen) atoms. The summed E-state index contributed by atoms with van der Waals surface area (Å²) < 4.78 is 19.3. The molecule has 2 amide bonds. The molecule has 0 unspecified atom stereocenters. The van der Waals surface area contributed by atoms with Gasteiger partial charge >= 0.3 is 0 Å². The van der Waals surface area contributed by atoms with Crippen LogP contribution in [0.25, 0.3) is 22.4 Å². The van der Waals surface area contributed by atoms with Crippen molar-refractivity contribution < 1.29 is 18.7 Å². The van der Waals surface area contributed by atoms with Gasteiger partial charge in [-0.1, -0.05) is 12.1 Å². The van der Waals surface area contributed by atoms with Gasteiger partial charge in [-0.05, 0) is 97.6 Å². The van der Waals surface area contributed by atoms with Crippen LogP contribution in [0.5, 0.6) is 5.75 Å². The predicted molar refractivity (Wildman–Crippen MR) is 165 cm³/mol. The van der Waals surface area contributed by atoms with Crippen molar-refractivity contribution in [3.8, 4) is 17.1 Å². The topological polar surface area (TPSA) is 90.6 Å². The van der Waals surface area contributed by atoms with E-state index in [4.69, 9.17) is 9.72 Å². The Kier molecular flexibility index (Phi) is 6.98. The van der Waals surface area contributed by atoms with E-state index in [1.54, 1.807) is 24.3 Å². The molecule has 0 bridgehead atoms. The number of piperidine rings is 1. The first-order valence-corrected chi connectivity index (χ1v) is 14.5. The number of benzene rings is 4. The summed E-state index contributed by atoms with van der Waals surface area (Å²) in [6.07, 6.45) is 3.70. The van der Waals surface area contributed by atoms with Gasteiger partial charge in [0, 0.05) is 35.6 Å². The summed E-state index contributed by atoms with van der Waals surface area (Å²) in [7, 11) is 0. The van der Waals surface area contributed by atoms with Crippen LogP contribution < -0.4 is 19.9 Å². The van der Waals surface area contributed by atoms with Crippen LogP contribution >= 0.6 is 0 Å². The number of nitrogens with zero attached hydrogens (tertiary/aromatic N) is 3. The van der Waals surface area contributed by atoms with Crippen LogP contribution in [0.4, 0.5) is 21.5 Å². The third-order valence-corrected chi connectivity index (χ3v) is 8.04. The molecule has 1 saturated heterocycles. The van der Waals surface area contributed by atoms with E-state index in [2.05, 4.69) is 27.3 Å². The fourth-order valence-corrected chi connectivity index (χ4v) is 5.77. The summed E-state index contributed by atoms with van der Waals surface area (Å²) in [4.78, 5) is 37.8. The number of carbonyl (C=O) groups excluding carboxylic acids is 2. The standard InChI is InChI=1S/C34H30FN5O3/c35-28-6-2-3-7-29(28)36-32(41)21-43-26-12-8-22(9-13-26)33-37-30-15-11-25(19-31(30)38-33)40-20-23-18-24(10-14-27(23)34(40)42)39-16-4-1-5-17-39/h2-3,6-15,18-19H,1,4-5,16-17,20-21H2,(H,36,41)(H,37,38). The van der Waals surface area contributed by atoms with Crippen LogP contribution in [0.1, 0.15) is 35.2 Å². The molecule has 7 rings (SSSR count). The number of para-hydroxylation sites is 1. The summed E-state index contributed by atoms with van der Waals surface area (Å²) in [5, 5.41) is 2.50. The van der Waals surface area contributed by atoms with Crippen molar-refractivity contribution in [2.24, 2.45) is 0 Å². The quantitative estimate of drug-likeness (QED) is 0.230. The molecular weight excluding hydrogens is 545 g/mol. The number of aromatic nitrogens is 2.